The van der Waals surface area contributed by atoms with Crippen molar-refractivity contribution >= 4 is 5.78 Å². The standard InChI is InChI=1S/C7H7F3O/c8-7(9,10)6(11)5-3-1-2-4-5/h3H,1-2,4H2. The third kappa shape index (κ3) is 1.82. The number of carbonyl (C=O) groups excluding carboxylic acids is 1. The van der Waals surface area contributed by atoms with Crippen molar-refractivity contribution in [2.24, 2.45) is 0 Å². The molecule has 0 saturated heterocycles. The van der Waals surface area contributed by atoms with E-state index in [1.807, 2.05) is 0 Å². The molecule has 0 aromatic heterocycles. The highest BCUT2D eigenvalue weighted by Crippen LogP contribution is 2.27. The first-order valence-corrected chi connectivity index (χ1v) is 3.32. The zero-order valence-electron chi connectivity index (χ0n) is 5.74. The summed E-state index contributed by atoms with van der Waals surface area (Å²) in [5.74, 6) is -1.67. The smallest absolute Gasteiger partial charge is 0.284 e. The Morgan fingerprint density at radius 2 is 2.09 bits per heavy atom. The summed E-state index contributed by atoms with van der Waals surface area (Å²) in [4.78, 5) is 10.5. The lowest BCUT2D eigenvalue weighted by molar-refractivity contribution is -0.166. The number of ketones is 1. The summed E-state index contributed by atoms with van der Waals surface area (Å²) in [7, 11) is 0. The first kappa shape index (κ1) is 8.30. The number of hydrogen-bond donors (Lipinski definition) is 0. The van der Waals surface area contributed by atoms with E-state index in [0.29, 0.717) is 12.8 Å². The van der Waals surface area contributed by atoms with Crippen LogP contribution >= 0.6 is 0 Å². The molecule has 0 amide bonds. The predicted octanol–water partition coefficient (Wildman–Crippen LogP) is 2.23. The Morgan fingerprint density at radius 3 is 2.45 bits per heavy atom. The fraction of sp³-hybridized carbons (Fsp3) is 0.571. The lowest BCUT2D eigenvalue weighted by Gasteiger charge is -2.04. The van der Waals surface area contributed by atoms with E-state index in [9.17, 15) is 18.0 Å². The molecular formula is C7H7F3O. The SMILES string of the molecule is O=C(C1=CCCC1)C(F)(F)F. The summed E-state index contributed by atoms with van der Waals surface area (Å²) in [5, 5.41) is 0. The second kappa shape index (κ2) is 2.68. The van der Waals surface area contributed by atoms with Crippen LogP contribution in [0.1, 0.15) is 19.3 Å². The van der Waals surface area contributed by atoms with E-state index in [4.69, 9.17) is 0 Å². The molecule has 0 fully saturated rings. The normalized spacial score (nSPS) is 18.3. The van der Waals surface area contributed by atoms with Crippen LogP contribution in [0.3, 0.4) is 0 Å². The van der Waals surface area contributed by atoms with Gasteiger partial charge in [-0.05, 0) is 19.3 Å². The van der Waals surface area contributed by atoms with Gasteiger partial charge < -0.3 is 0 Å². The molecule has 11 heavy (non-hydrogen) atoms. The maximum Gasteiger partial charge on any atom is 0.454 e. The van der Waals surface area contributed by atoms with Crippen molar-refractivity contribution in [3.63, 3.8) is 0 Å². The Kier molecular flexibility index (Phi) is 2.02. The largest absolute Gasteiger partial charge is 0.454 e. The van der Waals surface area contributed by atoms with Crippen LogP contribution in [0.25, 0.3) is 0 Å². The van der Waals surface area contributed by atoms with Gasteiger partial charge >= 0.3 is 6.18 Å². The van der Waals surface area contributed by atoms with Gasteiger partial charge in [0.05, 0.1) is 0 Å². The highest BCUT2D eigenvalue weighted by atomic mass is 19.4. The fourth-order valence-electron chi connectivity index (χ4n) is 1.06. The van der Waals surface area contributed by atoms with Crippen molar-refractivity contribution in [3.05, 3.63) is 11.6 Å². The highest BCUT2D eigenvalue weighted by Gasteiger charge is 2.40. The van der Waals surface area contributed by atoms with Crippen molar-refractivity contribution in [3.8, 4) is 0 Å². The van der Waals surface area contributed by atoms with Gasteiger partial charge in [0.25, 0.3) is 5.78 Å². The van der Waals surface area contributed by atoms with E-state index < -0.39 is 12.0 Å². The maximum absolute atomic E-state index is 11.7. The molecule has 0 bridgehead atoms. The van der Waals surface area contributed by atoms with E-state index in [1.54, 1.807) is 0 Å². The van der Waals surface area contributed by atoms with Gasteiger partial charge in [0.2, 0.25) is 0 Å². The van der Waals surface area contributed by atoms with Crippen molar-refractivity contribution < 1.29 is 18.0 Å². The molecule has 0 atom stereocenters. The summed E-state index contributed by atoms with van der Waals surface area (Å²) in [6.45, 7) is 0. The van der Waals surface area contributed by atoms with Crippen LogP contribution in [-0.2, 0) is 4.79 Å². The van der Waals surface area contributed by atoms with Gasteiger partial charge in [0, 0.05) is 5.57 Å². The van der Waals surface area contributed by atoms with E-state index in [2.05, 4.69) is 0 Å². The molecule has 1 rings (SSSR count). The lowest BCUT2D eigenvalue weighted by Crippen LogP contribution is -2.23. The van der Waals surface area contributed by atoms with E-state index >= 15 is 0 Å². The monoisotopic (exact) mass is 164 g/mol. The van der Waals surface area contributed by atoms with Crippen LogP contribution in [-0.4, -0.2) is 12.0 Å². The maximum atomic E-state index is 11.7. The minimum atomic E-state index is -4.68. The van der Waals surface area contributed by atoms with Gasteiger partial charge in [0.15, 0.2) is 0 Å². The molecule has 62 valence electrons. The van der Waals surface area contributed by atoms with Gasteiger partial charge in [-0.1, -0.05) is 6.08 Å². The van der Waals surface area contributed by atoms with Crippen molar-refractivity contribution in [1.29, 1.82) is 0 Å². The summed E-state index contributed by atoms with van der Waals surface area (Å²) >= 11 is 0. The molecule has 0 spiro atoms. The minimum Gasteiger partial charge on any atom is -0.284 e. The first-order chi connectivity index (χ1) is 5.02. The van der Waals surface area contributed by atoms with Gasteiger partial charge in [-0.2, -0.15) is 13.2 Å². The van der Waals surface area contributed by atoms with E-state index in [0.717, 1.165) is 0 Å². The third-order valence-corrected chi connectivity index (χ3v) is 1.59. The van der Waals surface area contributed by atoms with Crippen molar-refractivity contribution in [2.45, 2.75) is 25.4 Å². The molecule has 1 aliphatic carbocycles. The fourth-order valence-corrected chi connectivity index (χ4v) is 1.06. The molecule has 1 aliphatic rings. The zero-order chi connectivity index (χ0) is 8.48. The molecule has 0 unspecified atom stereocenters. The van der Waals surface area contributed by atoms with Crippen molar-refractivity contribution in [1.82, 2.24) is 0 Å². The lowest BCUT2D eigenvalue weighted by atomic mass is 10.1. The number of alkyl halides is 3. The molecule has 0 saturated carbocycles. The highest BCUT2D eigenvalue weighted by molar-refractivity contribution is 5.99. The Morgan fingerprint density at radius 1 is 1.45 bits per heavy atom. The molecule has 4 heteroatoms. The van der Waals surface area contributed by atoms with Crippen LogP contribution < -0.4 is 0 Å². The Labute approximate surface area is 61.9 Å². The molecule has 0 aromatic rings. The number of carbonyl (C=O) groups is 1. The molecule has 0 radical (unpaired) electrons. The number of Topliss-reactive ketones (excluding diaryl/α,β-unsaturated/α-hetero) is 1. The summed E-state index contributed by atoms with van der Waals surface area (Å²) in [5.41, 5.74) is -0.0718. The van der Waals surface area contributed by atoms with Gasteiger partial charge in [-0.3, -0.25) is 4.79 Å². The Bertz CT molecular complexity index is 202. The van der Waals surface area contributed by atoms with Gasteiger partial charge in [-0.15, -0.1) is 0 Å². The zero-order valence-corrected chi connectivity index (χ0v) is 5.74. The van der Waals surface area contributed by atoms with E-state index in [-0.39, 0.29) is 12.0 Å². The van der Waals surface area contributed by atoms with Crippen LogP contribution in [0.2, 0.25) is 0 Å². The number of allylic oxidation sites excluding steroid dienone is 2. The van der Waals surface area contributed by atoms with Crippen LogP contribution in [0, 0.1) is 0 Å². The molecule has 0 aliphatic heterocycles. The number of hydrogen-bond acceptors (Lipinski definition) is 1. The van der Waals surface area contributed by atoms with Gasteiger partial charge in [-0.25, -0.2) is 0 Å². The topological polar surface area (TPSA) is 17.1 Å². The second-order valence-corrected chi connectivity index (χ2v) is 2.45. The molecule has 1 nitrogen and oxygen atoms in total. The number of halogens is 3. The Balaban J connectivity index is 2.68. The van der Waals surface area contributed by atoms with Crippen LogP contribution in [0.4, 0.5) is 13.2 Å². The minimum absolute atomic E-state index is 0.0718. The van der Waals surface area contributed by atoms with Crippen LogP contribution in [0.5, 0.6) is 0 Å². The Hall–Kier alpha value is -0.800. The van der Waals surface area contributed by atoms with Gasteiger partial charge in [0.1, 0.15) is 0 Å². The summed E-state index contributed by atoms with van der Waals surface area (Å²) in [6.07, 6.45) is -1.78. The van der Waals surface area contributed by atoms with E-state index in [1.165, 1.54) is 6.08 Å². The average Bonchev–Trinajstić information content (AvgIpc) is 2.34. The summed E-state index contributed by atoms with van der Waals surface area (Å²) in [6, 6.07) is 0. The van der Waals surface area contributed by atoms with Crippen LogP contribution in [0.15, 0.2) is 11.6 Å². The summed E-state index contributed by atoms with van der Waals surface area (Å²) < 4.78 is 35.1. The molecule has 0 aromatic carbocycles. The third-order valence-electron chi connectivity index (χ3n) is 1.59. The van der Waals surface area contributed by atoms with Crippen molar-refractivity contribution in [2.75, 3.05) is 0 Å². The quantitative estimate of drug-likeness (QED) is 0.580. The molecule has 0 heterocycles. The molecular weight excluding hydrogens is 157 g/mol. The second-order valence-electron chi connectivity index (χ2n) is 2.45. The predicted molar refractivity (Wildman–Crippen MR) is 33.0 cm³/mol. The average molecular weight is 164 g/mol. The molecule has 0 N–H and O–H groups in total. The first-order valence-electron chi connectivity index (χ1n) is 3.32. The number of rotatable bonds is 1.